The number of hydrogen-bond acceptors (Lipinski definition) is 3. The normalized spacial score (nSPS) is 12.9. The van der Waals surface area contributed by atoms with Gasteiger partial charge >= 0.3 is 12.0 Å². The van der Waals surface area contributed by atoms with Crippen molar-refractivity contribution in [2.45, 2.75) is 26.3 Å². The molecule has 0 fully saturated rings. The maximum absolute atomic E-state index is 13.4. The van der Waals surface area contributed by atoms with E-state index in [9.17, 15) is 14.0 Å². The third-order valence-electron chi connectivity index (χ3n) is 3.14. The second kappa shape index (κ2) is 7.24. The SMILES string of the molecule is CCC(C)C(NC(=O)Nc1cccc(F)c1C#N)C(=O)O. The van der Waals surface area contributed by atoms with Crippen molar-refractivity contribution in [1.29, 1.82) is 5.26 Å². The zero-order valence-electron chi connectivity index (χ0n) is 11.7. The van der Waals surface area contributed by atoms with Crippen LogP contribution in [0.5, 0.6) is 0 Å². The molecule has 2 amide bonds. The molecule has 0 bridgehead atoms. The van der Waals surface area contributed by atoms with Gasteiger partial charge in [-0.1, -0.05) is 26.3 Å². The predicted molar refractivity (Wildman–Crippen MR) is 74.1 cm³/mol. The van der Waals surface area contributed by atoms with Gasteiger partial charge in [-0.05, 0) is 18.1 Å². The van der Waals surface area contributed by atoms with Gasteiger partial charge in [-0.25, -0.2) is 14.0 Å². The molecule has 2 atom stereocenters. The summed E-state index contributed by atoms with van der Waals surface area (Å²) in [6.45, 7) is 3.50. The molecule has 6 nitrogen and oxygen atoms in total. The standard InChI is InChI=1S/C14H16FN3O3/c1-3-8(2)12(13(19)20)18-14(21)17-11-6-4-5-10(15)9(11)7-16/h4-6,8,12H,3H2,1-2H3,(H,19,20)(H2,17,18,21). The first-order valence-electron chi connectivity index (χ1n) is 6.39. The van der Waals surface area contributed by atoms with Crippen LogP contribution >= 0.6 is 0 Å². The van der Waals surface area contributed by atoms with E-state index in [1.54, 1.807) is 19.9 Å². The van der Waals surface area contributed by atoms with E-state index < -0.39 is 23.9 Å². The molecule has 0 aromatic heterocycles. The van der Waals surface area contributed by atoms with Gasteiger partial charge in [-0.3, -0.25) is 0 Å². The first-order chi connectivity index (χ1) is 9.90. The number of aliphatic carboxylic acids is 1. The number of benzene rings is 1. The Kier molecular flexibility index (Phi) is 5.67. The number of carboxylic acid groups (broad SMARTS) is 1. The lowest BCUT2D eigenvalue weighted by atomic mass is 9.99. The maximum atomic E-state index is 13.4. The van der Waals surface area contributed by atoms with Crippen LogP contribution in [0.25, 0.3) is 0 Å². The van der Waals surface area contributed by atoms with Crippen molar-refractivity contribution >= 4 is 17.7 Å². The number of carbonyl (C=O) groups is 2. The smallest absolute Gasteiger partial charge is 0.326 e. The summed E-state index contributed by atoms with van der Waals surface area (Å²) < 4.78 is 13.4. The first-order valence-corrected chi connectivity index (χ1v) is 6.39. The molecule has 1 aromatic carbocycles. The number of carbonyl (C=O) groups excluding carboxylic acids is 1. The summed E-state index contributed by atoms with van der Waals surface area (Å²) in [5.74, 6) is -2.18. The molecule has 0 saturated carbocycles. The largest absolute Gasteiger partial charge is 0.480 e. The van der Waals surface area contributed by atoms with Crippen LogP contribution in [-0.2, 0) is 4.79 Å². The summed E-state index contributed by atoms with van der Waals surface area (Å²) in [5, 5.41) is 22.5. The average Bonchev–Trinajstić information content (AvgIpc) is 2.44. The molecule has 0 aliphatic heterocycles. The van der Waals surface area contributed by atoms with Crippen molar-refractivity contribution < 1.29 is 19.1 Å². The number of amides is 2. The van der Waals surface area contributed by atoms with Gasteiger partial charge in [0, 0.05) is 0 Å². The fourth-order valence-corrected chi connectivity index (χ4v) is 1.72. The zero-order valence-corrected chi connectivity index (χ0v) is 11.7. The Balaban J connectivity index is 2.85. The minimum absolute atomic E-state index is 0.0108. The number of urea groups is 1. The molecular formula is C14H16FN3O3. The van der Waals surface area contributed by atoms with E-state index in [-0.39, 0.29) is 17.2 Å². The first kappa shape index (κ1) is 16.4. The third kappa shape index (κ3) is 4.18. The van der Waals surface area contributed by atoms with Crippen molar-refractivity contribution in [2.24, 2.45) is 5.92 Å². The molecular weight excluding hydrogens is 277 g/mol. The van der Waals surface area contributed by atoms with E-state index in [1.165, 1.54) is 12.1 Å². The Hall–Kier alpha value is -2.62. The van der Waals surface area contributed by atoms with Crippen LogP contribution in [0.4, 0.5) is 14.9 Å². The predicted octanol–water partition coefficient (Wildman–Crippen LogP) is 2.32. The number of carboxylic acids is 1. The number of nitrogens with one attached hydrogen (secondary N) is 2. The van der Waals surface area contributed by atoms with Crippen molar-refractivity contribution in [3.8, 4) is 6.07 Å². The van der Waals surface area contributed by atoms with Crippen molar-refractivity contribution in [3.63, 3.8) is 0 Å². The van der Waals surface area contributed by atoms with Crippen molar-refractivity contribution in [2.75, 3.05) is 5.32 Å². The molecule has 3 N–H and O–H groups in total. The zero-order chi connectivity index (χ0) is 16.0. The highest BCUT2D eigenvalue weighted by molar-refractivity contribution is 5.93. The number of nitriles is 1. The van der Waals surface area contributed by atoms with E-state index in [4.69, 9.17) is 10.4 Å². The van der Waals surface area contributed by atoms with Gasteiger partial charge in [0.05, 0.1) is 5.69 Å². The topological polar surface area (TPSA) is 102 Å². The van der Waals surface area contributed by atoms with Gasteiger partial charge in [0.1, 0.15) is 23.5 Å². The molecule has 7 heteroatoms. The van der Waals surface area contributed by atoms with Crippen LogP contribution in [-0.4, -0.2) is 23.1 Å². The van der Waals surface area contributed by atoms with Gasteiger partial charge in [-0.2, -0.15) is 5.26 Å². The minimum atomic E-state index is -1.15. The van der Waals surface area contributed by atoms with Crippen LogP contribution in [0, 0.1) is 23.1 Å². The van der Waals surface area contributed by atoms with Crippen LogP contribution in [0.15, 0.2) is 18.2 Å². The van der Waals surface area contributed by atoms with Gasteiger partial charge in [0.2, 0.25) is 0 Å². The molecule has 0 spiro atoms. The van der Waals surface area contributed by atoms with Gasteiger partial charge in [0.25, 0.3) is 0 Å². The molecule has 1 rings (SSSR count). The lowest BCUT2D eigenvalue weighted by molar-refractivity contribution is -0.140. The maximum Gasteiger partial charge on any atom is 0.326 e. The van der Waals surface area contributed by atoms with E-state index in [0.717, 1.165) is 6.07 Å². The van der Waals surface area contributed by atoms with E-state index in [2.05, 4.69) is 10.6 Å². The summed E-state index contributed by atoms with van der Waals surface area (Å²) in [4.78, 5) is 22.9. The molecule has 0 radical (unpaired) electrons. The molecule has 21 heavy (non-hydrogen) atoms. The van der Waals surface area contributed by atoms with Crippen LogP contribution in [0.1, 0.15) is 25.8 Å². The molecule has 0 aliphatic carbocycles. The summed E-state index contributed by atoms with van der Waals surface area (Å²) in [6, 6.07) is 3.59. The summed E-state index contributed by atoms with van der Waals surface area (Å²) in [5.41, 5.74) is -0.314. The van der Waals surface area contributed by atoms with Crippen LogP contribution in [0.3, 0.4) is 0 Å². The number of rotatable bonds is 5. The van der Waals surface area contributed by atoms with Crippen LogP contribution in [0.2, 0.25) is 0 Å². The number of anilines is 1. The van der Waals surface area contributed by atoms with E-state index in [0.29, 0.717) is 6.42 Å². The molecule has 112 valence electrons. The Morgan fingerprint density at radius 1 is 1.48 bits per heavy atom. The lowest BCUT2D eigenvalue weighted by Gasteiger charge is -2.20. The Morgan fingerprint density at radius 3 is 2.67 bits per heavy atom. The molecule has 0 heterocycles. The van der Waals surface area contributed by atoms with Gasteiger partial charge in [-0.15, -0.1) is 0 Å². The Bertz CT molecular complexity index is 583. The third-order valence-corrected chi connectivity index (χ3v) is 3.14. The molecule has 2 unspecified atom stereocenters. The summed E-state index contributed by atoms with van der Waals surface area (Å²) >= 11 is 0. The second-order valence-corrected chi connectivity index (χ2v) is 4.57. The number of nitrogens with zero attached hydrogens (tertiary/aromatic N) is 1. The van der Waals surface area contributed by atoms with Gasteiger partial charge < -0.3 is 15.7 Å². The fraction of sp³-hybridized carbons (Fsp3) is 0.357. The quantitative estimate of drug-likeness (QED) is 0.775. The highest BCUT2D eigenvalue weighted by Gasteiger charge is 2.25. The average molecular weight is 293 g/mol. The fourth-order valence-electron chi connectivity index (χ4n) is 1.72. The van der Waals surface area contributed by atoms with Crippen molar-refractivity contribution in [1.82, 2.24) is 5.32 Å². The Labute approximate surface area is 121 Å². The lowest BCUT2D eigenvalue weighted by Crippen LogP contribution is -2.46. The monoisotopic (exact) mass is 293 g/mol. The molecule has 0 saturated heterocycles. The highest BCUT2D eigenvalue weighted by atomic mass is 19.1. The Morgan fingerprint density at radius 2 is 2.14 bits per heavy atom. The van der Waals surface area contributed by atoms with Crippen LogP contribution < -0.4 is 10.6 Å². The van der Waals surface area contributed by atoms with E-state index in [1.807, 2.05) is 0 Å². The summed E-state index contributed by atoms with van der Waals surface area (Å²) in [7, 11) is 0. The number of hydrogen-bond donors (Lipinski definition) is 3. The number of halogens is 1. The van der Waals surface area contributed by atoms with E-state index >= 15 is 0 Å². The van der Waals surface area contributed by atoms with Gasteiger partial charge in [0.15, 0.2) is 0 Å². The molecule has 1 aromatic rings. The molecule has 0 aliphatic rings. The second-order valence-electron chi connectivity index (χ2n) is 4.57. The minimum Gasteiger partial charge on any atom is -0.480 e. The van der Waals surface area contributed by atoms with Crippen molar-refractivity contribution in [3.05, 3.63) is 29.6 Å². The summed E-state index contributed by atoms with van der Waals surface area (Å²) in [6.07, 6.45) is 0.570. The highest BCUT2D eigenvalue weighted by Crippen LogP contribution is 2.17.